The summed E-state index contributed by atoms with van der Waals surface area (Å²) in [5.41, 5.74) is 4.83. The van der Waals surface area contributed by atoms with Gasteiger partial charge in [0.2, 0.25) is 0 Å². The number of aryl methyl sites for hydroxylation is 3. The van der Waals surface area contributed by atoms with Crippen LogP contribution in [0.4, 0.5) is 0 Å². The second-order valence-electron chi connectivity index (χ2n) is 7.55. The van der Waals surface area contributed by atoms with Gasteiger partial charge in [-0.3, -0.25) is 9.59 Å². The summed E-state index contributed by atoms with van der Waals surface area (Å²) in [6.07, 6.45) is 2.13. The van der Waals surface area contributed by atoms with Crippen molar-refractivity contribution in [3.63, 3.8) is 0 Å². The molecule has 0 radical (unpaired) electrons. The molecule has 2 saturated heterocycles. The van der Waals surface area contributed by atoms with Crippen LogP contribution >= 0.6 is 0 Å². The first-order valence-electron chi connectivity index (χ1n) is 9.15. The number of Topliss-reactive ketones (excluding diaryl/α,β-unsaturated/α-hetero) is 1. The molecule has 25 heavy (non-hydrogen) atoms. The zero-order valence-corrected chi connectivity index (χ0v) is 15.2. The van der Waals surface area contributed by atoms with E-state index in [1.165, 1.54) is 5.56 Å². The molecule has 2 bridgehead atoms. The van der Waals surface area contributed by atoms with Gasteiger partial charge in [0, 0.05) is 6.42 Å². The number of fused-ring (bicyclic) bond motifs is 5. The number of hydrogen-bond donors (Lipinski definition) is 0. The summed E-state index contributed by atoms with van der Waals surface area (Å²) in [4.78, 5) is 25.4. The molecule has 2 heterocycles. The van der Waals surface area contributed by atoms with Crippen LogP contribution in [-0.4, -0.2) is 24.0 Å². The topological polar surface area (TPSA) is 52.6 Å². The minimum atomic E-state index is -0.286. The Morgan fingerprint density at radius 3 is 2.32 bits per heavy atom. The first-order chi connectivity index (χ1) is 11.9. The van der Waals surface area contributed by atoms with Crippen molar-refractivity contribution >= 4 is 17.3 Å². The molecule has 3 aliphatic rings. The van der Waals surface area contributed by atoms with Crippen molar-refractivity contribution in [2.24, 2.45) is 11.8 Å². The lowest BCUT2D eigenvalue weighted by Gasteiger charge is -2.21. The summed E-state index contributed by atoms with van der Waals surface area (Å²) in [6, 6.07) is 4.17. The van der Waals surface area contributed by atoms with Crippen molar-refractivity contribution in [1.82, 2.24) is 0 Å². The normalized spacial score (nSPS) is 30.2. The average molecular weight is 340 g/mol. The number of allylic oxidation sites excluding steroid dienone is 1. The van der Waals surface area contributed by atoms with E-state index < -0.39 is 0 Å². The van der Waals surface area contributed by atoms with Gasteiger partial charge in [0.05, 0.1) is 29.6 Å². The standard InChI is InChI=1S/C21H24O4/c1-5-15(22)25-21-18-14-7-6-13(24-14)17(18)20(23)19(21)16-11(3)8-10(2)9-12(16)4/h8-9,13-14,17-18H,5-7H2,1-4H3/t13-,14+,17-,18+/m0/s1. The van der Waals surface area contributed by atoms with Gasteiger partial charge < -0.3 is 9.47 Å². The maximum atomic E-state index is 13.3. The van der Waals surface area contributed by atoms with Gasteiger partial charge in [0.15, 0.2) is 5.78 Å². The molecule has 0 aromatic heterocycles. The van der Waals surface area contributed by atoms with E-state index in [1.807, 2.05) is 13.8 Å². The van der Waals surface area contributed by atoms with Crippen molar-refractivity contribution in [3.8, 4) is 0 Å². The second kappa shape index (κ2) is 5.80. The van der Waals surface area contributed by atoms with Crippen LogP contribution < -0.4 is 0 Å². The van der Waals surface area contributed by atoms with Crippen molar-refractivity contribution in [2.45, 2.75) is 59.2 Å². The Morgan fingerprint density at radius 1 is 1.12 bits per heavy atom. The van der Waals surface area contributed by atoms with E-state index in [0.717, 1.165) is 29.5 Å². The van der Waals surface area contributed by atoms with Gasteiger partial charge in [-0.2, -0.15) is 0 Å². The third kappa shape index (κ3) is 2.38. The van der Waals surface area contributed by atoms with Crippen LogP contribution in [0, 0.1) is 32.6 Å². The minimum absolute atomic E-state index is 0.00201. The second-order valence-corrected chi connectivity index (χ2v) is 7.55. The molecule has 1 aliphatic carbocycles. The number of rotatable bonds is 3. The highest BCUT2D eigenvalue weighted by Gasteiger charge is 2.60. The molecule has 4 rings (SSSR count). The predicted molar refractivity (Wildman–Crippen MR) is 93.8 cm³/mol. The molecule has 132 valence electrons. The maximum Gasteiger partial charge on any atom is 0.310 e. The summed E-state index contributed by atoms with van der Waals surface area (Å²) in [5, 5.41) is 0. The van der Waals surface area contributed by atoms with E-state index in [-0.39, 0.29) is 35.8 Å². The molecular formula is C21H24O4. The Labute approximate surface area is 148 Å². The molecule has 4 heteroatoms. The molecule has 0 saturated carbocycles. The Hall–Kier alpha value is -1.94. The first-order valence-corrected chi connectivity index (χ1v) is 9.15. The van der Waals surface area contributed by atoms with Crippen molar-refractivity contribution in [1.29, 1.82) is 0 Å². The highest BCUT2D eigenvalue weighted by Crippen LogP contribution is 2.55. The van der Waals surface area contributed by atoms with E-state index in [9.17, 15) is 9.59 Å². The lowest BCUT2D eigenvalue weighted by Crippen LogP contribution is -2.29. The summed E-state index contributed by atoms with van der Waals surface area (Å²) < 4.78 is 11.7. The number of hydrogen-bond acceptors (Lipinski definition) is 4. The molecule has 1 aromatic rings. The maximum absolute atomic E-state index is 13.3. The third-order valence-corrected chi connectivity index (χ3v) is 5.81. The predicted octanol–water partition coefficient (Wildman–Crippen LogP) is 3.65. The van der Waals surface area contributed by atoms with E-state index in [1.54, 1.807) is 6.92 Å². The van der Waals surface area contributed by atoms with E-state index in [0.29, 0.717) is 17.8 Å². The smallest absolute Gasteiger partial charge is 0.310 e. The summed E-state index contributed by atoms with van der Waals surface area (Å²) >= 11 is 0. The Kier molecular flexibility index (Phi) is 3.84. The lowest BCUT2D eigenvalue weighted by atomic mass is 9.80. The van der Waals surface area contributed by atoms with Crippen LogP contribution in [0.5, 0.6) is 0 Å². The van der Waals surface area contributed by atoms with Crippen LogP contribution in [0.25, 0.3) is 5.57 Å². The lowest BCUT2D eigenvalue weighted by molar-refractivity contribution is -0.140. The van der Waals surface area contributed by atoms with Gasteiger partial charge in [-0.25, -0.2) is 0 Å². The van der Waals surface area contributed by atoms with E-state index >= 15 is 0 Å². The molecule has 0 spiro atoms. The van der Waals surface area contributed by atoms with Gasteiger partial charge in [-0.05, 0) is 50.3 Å². The van der Waals surface area contributed by atoms with E-state index in [2.05, 4.69) is 19.1 Å². The fourth-order valence-electron chi connectivity index (χ4n) is 4.93. The zero-order valence-electron chi connectivity index (χ0n) is 15.2. The monoisotopic (exact) mass is 340 g/mol. The summed E-state index contributed by atoms with van der Waals surface area (Å²) in [6.45, 7) is 7.87. The fourth-order valence-corrected chi connectivity index (χ4v) is 4.93. The fraction of sp³-hybridized carbons (Fsp3) is 0.524. The van der Waals surface area contributed by atoms with Gasteiger partial charge in [-0.15, -0.1) is 0 Å². The average Bonchev–Trinajstić information content (AvgIpc) is 3.22. The summed E-state index contributed by atoms with van der Waals surface area (Å²) in [5.74, 6) is 0.0757. The molecule has 1 aromatic carbocycles. The molecule has 4 atom stereocenters. The molecule has 0 amide bonds. The molecule has 2 aliphatic heterocycles. The van der Waals surface area contributed by atoms with Crippen molar-refractivity contribution < 1.29 is 19.1 Å². The molecule has 0 unspecified atom stereocenters. The van der Waals surface area contributed by atoms with Gasteiger partial charge in [-0.1, -0.05) is 24.6 Å². The van der Waals surface area contributed by atoms with Crippen LogP contribution in [0.2, 0.25) is 0 Å². The number of benzene rings is 1. The third-order valence-electron chi connectivity index (χ3n) is 5.81. The quantitative estimate of drug-likeness (QED) is 0.788. The number of ether oxygens (including phenoxy) is 2. The number of carbonyl (C=O) groups excluding carboxylic acids is 2. The number of carbonyl (C=O) groups is 2. The SMILES string of the molecule is CCC(=O)OC1=C(c2c(C)cc(C)cc2C)C(=O)[C@@H]2[C@H]1[C@H]1CC[C@@H]2O1. The Morgan fingerprint density at radius 2 is 1.72 bits per heavy atom. The highest BCUT2D eigenvalue weighted by atomic mass is 16.5. The Balaban J connectivity index is 1.89. The first kappa shape index (κ1) is 16.5. The Bertz CT molecular complexity index is 781. The van der Waals surface area contributed by atoms with Crippen molar-refractivity contribution in [3.05, 3.63) is 40.1 Å². The summed E-state index contributed by atoms with van der Waals surface area (Å²) in [7, 11) is 0. The van der Waals surface area contributed by atoms with Crippen LogP contribution in [0.3, 0.4) is 0 Å². The van der Waals surface area contributed by atoms with E-state index in [4.69, 9.17) is 9.47 Å². The largest absolute Gasteiger partial charge is 0.430 e. The number of ketones is 1. The molecule has 0 N–H and O–H groups in total. The number of esters is 1. The molecular weight excluding hydrogens is 316 g/mol. The van der Waals surface area contributed by atoms with Crippen LogP contribution in [-0.2, 0) is 19.1 Å². The van der Waals surface area contributed by atoms with Crippen LogP contribution in [0.1, 0.15) is 48.4 Å². The zero-order chi connectivity index (χ0) is 17.9. The van der Waals surface area contributed by atoms with Gasteiger partial charge in [0.1, 0.15) is 5.76 Å². The minimum Gasteiger partial charge on any atom is -0.430 e. The van der Waals surface area contributed by atoms with Crippen LogP contribution in [0.15, 0.2) is 17.9 Å². The highest BCUT2D eigenvalue weighted by molar-refractivity contribution is 6.26. The van der Waals surface area contributed by atoms with Crippen molar-refractivity contribution in [2.75, 3.05) is 0 Å². The van der Waals surface area contributed by atoms with Gasteiger partial charge >= 0.3 is 5.97 Å². The van der Waals surface area contributed by atoms with Gasteiger partial charge in [0.25, 0.3) is 0 Å². The molecule has 2 fully saturated rings. The molecule has 4 nitrogen and oxygen atoms in total.